The molecule has 0 aliphatic carbocycles. The van der Waals surface area contributed by atoms with Gasteiger partial charge in [0.15, 0.2) is 5.13 Å². The molecular weight excluding hydrogens is 400 g/mol. The average Bonchev–Trinajstić information content (AvgIpc) is 3.17. The number of likely N-dealkylation sites (tertiary alicyclic amines) is 1. The zero-order valence-corrected chi connectivity index (χ0v) is 18.0. The lowest BCUT2D eigenvalue weighted by molar-refractivity contribution is 0.102. The molecule has 0 saturated carbocycles. The highest BCUT2D eigenvalue weighted by atomic mass is 32.2. The van der Waals surface area contributed by atoms with Crippen LogP contribution in [0.25, 0.3) is 0 Å². The summed E-state index contributed by atoms with van der Waals surface area (Å²) in [7, 11) is 0. The lowest BCUT2D eigenvalue weighted by atomic mass is 9.99. The number of benzene rings is 1. The van der Waals surface area contributed by atoms with Gasteiger partial charge in [0.1, 0.15) is 5.03 Å². The normalized spacial score (nSPS) is 15.3. The number of amides is 1. The van der Waals surface area contributed by atoms with Crippen molar-refractivity contribution >= 4 is 34.1 Å². The van der Waals surface area contributed by atoms with Gasteiger partial charge in [0, 0.05) is 23.0 Å². The molecule has 1 saturated heterocycles. The lowest BCUT2D eigenvalue weighted by Gasteiger charge is -2.29. The van der Waals surface area contributed by atoms with E-state index in [0.717, 1.165) is 36.1 Å². The molecule has 29 heavy (non-hydrogen) atoms. The van der Waals surface area contributed by atoms with Gasteiger partial charge in [0.25, 0.3) is 5.91 Å². The maximum atomic E-state index is 12.9. The fraction of sp³-hybridized carbons (Fsp3) is 0.318. The summed E-state index contributed by atoms with van der Waals surface area (Å²) < 4.78 is 0. The second kappa shape index (κ2) is 9.52. The number of hydrogen-bond donors (Lipinski definition) is 1. The first-order chi connectivity index (χ1) is 14.2. The van der Waals surface area contributed by atoms with E-state index in [1.807, 2.05) is 35.7 Å². The number of piperidine rings is 1. The van der Waals surface area contributed by atoms with Gasteiger partial charge >= 0.3 is 0 Å². The molecule has 3 aromatic rings. The van der Waals surface area contributed by atoms with Crippen molar-refractivity contribution in [2.45, 2.75) is 36.2 Å². The zero-order chi connectivity index (χ0) is 20.1. The summed E-state index contributed by atoms with van der Waals surface area (Å²) in [6.07, 6.45) is 4.20. The lowest BCUT2D eigenvalue weighted by Crippen LogP contribution is -2.32. The van der Waals surface area contributed by atoms with Gasteiger partial charge in [-0.2, -0.15) is 0 Å². The fourth-order valence-electron chi connectivity index (χ4n) is 3.30. The number of rotatable bonds is 6. The summed E-state index contributed by atoms with van der Waals surface area (Å²) in [6, 6.07) is 13.5. The molecule has 1 fully saturated rings. The number of nitrogens with zero attached hydrogens (tertiary/aromatic N) is 3. The molecule has 4 rings (SSSR count). The summed E-state index contributed by atoms with van der Waals surface area (Å²) in [5.41, 5.74) is 1.58. The number of carbonyl (C=O) groups is 1. The Kier molecular flexibility index (Phi) is 6.59. The summed E-state index contributed by atoms with van der Waals surface area (Å²) >= 11 is 2.96. The van der Waals surface area contributed by atoms with E-state index in [0.29, 0.717) is 15.7 Å². The van der Waals surface area contributed by atoms with Gasteiger partial charge in [-0.3, -0.25) is 15.0 Å². The van der Waals surface area contributed by atoms with Gasteiger partial charge in [0.2, 0.25) is 0 Å². The van der Waals surface area contributed by atoms with E-state index in [1.165, 1.54) is 35.9 Å². The van der Waals surface area contributed by atoms with Gasteiger partial charge in [0.05, 0.1) is 11.3 Å². The second-order valence-electron chi connectivity index (χ2n) is 7.33. The molecular formula is C22H24N4OS2. The molecule has 1 amide bonds. The highest BCUT2D eigenvalue weighted by Crippen LogP contribution is 2.29. The molecule has 2 aromatic heterocycles. The van der Waals surface area contributed by atoms with Crippen LogP contribution in [0.15, 0.2) is 64.0 Å². The molecule has 150 valence electrons. The maximum Gasteiger partial charge on any atom is 0.260 e. The molecule has 7 heteroatoms. The quantitative estimate of drug-likeness (QED) is 0.591. The van der Waals surface area contributed by atoms with Crippen molar-refractivity contribution in [1.82, 2.24) is 14.9 Å². The Morgan fingerprint density at radius 3 is 2.79 bits per heavy atom. The van der Waals surface area contributed by atoms with Crippen LogP contribution < -0.4 is 5.32 Å². The Morgan fingerprint density at radius 2 is 2.00 bits per heavy atom. The highest BCUT2D eigenvalue weighted by molar-refractivity contribution is 7.99. The number of anilines is 1. The smallest absolute Gasteiger partial charge is 0.260 e. The zero-order valence-electron chi connectivity index (χ0n) is 16.4. The van der Waals surface area contributed by atoms with Gasteiger partial charge < -0.3 is 0 Å². The minimum Gasteiger partial charge on any atom is -0.298 e. The van der Waals surface area contributed by atoms with Crippen molar-refractivity contribution in [3.05, 3.63) is 65.3 Å². The van der Waals surface area contributed by atoms with Gasteiger partial charge in [-0.05, 0) is 56.1 Å². The first kappa shape index (κ1) is 20.1. The number of hydrogen-bond acceptors (Lipinski definition) is 6. The third-order valence-corrected chi connectivity index (χ3v) is 6.84. The fourth-order valence-corrected chi connectivity index (χ4v) is 4.89. The predicted molar refractivity (Wildman–Crippen MR) is 119 cm³/mol. The first-order valence-electron chi connectivity index (χ1n) is 9.83. The van der Waals surface area contributed by atoms with Crippen LogP contribution >= 0.6 is 23.1 Å². The number of aromatic nitrogens is 2. The Balaban J connectivity index is 1.40. The van der Waals surface area contributed by atoms with Crippen molar-refractivity contribution in [2.75, 3.05) is 18.4 Å². The standard InChI is InChI=1S/C22H24N4OS2/c1-16-9-12-26(13-10-16)14-17-15-28-22(24-17)25-20(27)19-8-5-11-23-21(19)29-18-6-3-2-4-7-18/h2-8,11,15-16H,9-10,12-14H2,1H3,(H,24,25,27). The van der Waals surface area contributed by atoms with Crippen LogP contribution in [-0.4, -0.2) is 33.9 Å². The third kappa shape index (κ3) is 5.44. The average molecular weight is 425 g/mol. The van der Waals surface area contributed by atoms with Crippen molar-refractivity contribution in [2.24, 2.45) is 5.92 Å². The van der Waals surface area contributed by atoms with Crippen LogP contribution in [0.5, 0.6) is 0 Å². The van der Waals surface area contributed by atoms with E-state index in [9.17, 15) is 4.79 Å². The molecule has 0 radical (unpaired) electrons. The number of thiazole rings is 1. The Bertz CT molecular complexity index is 952. The van der Waals surface area contributed by atoms with Crippen LogP contribution in [0.3, 0.4) is 0 Å². The molecule has 1 aliphatic rings. The Morgan fingerprint density at radius 1 is 1.21 bits per heavy atom. The van der Waals surface area contributed by atoms with Gasteiger partial charge in [-0.25, -0.2) is 9.97 Å². The molecule has 1 N–H and O–H groups in total. The summed E-state index contributed by atoms with van der Waals surface area (Å²) in [4.78, 5) is 25.4. The second-order valence-corrected chi connectivity index (χ2v) is 9.25. The summed E-state index contributed by atoms with van der Waals surface area (Å²) in [5.74, 6) is 0.642. The molecule has 5 nitrogen and oxygen atoms in total. The highest BCUT2D eigenvalue weighted by Gasteiger charge is 2.18. The van der Waals surface area contributed by atoms with E-state index in [4.69, 9.17) is 0 Å². The van der Waals surface area contributed by atoms with Crippen LogP contribution in [0.2, 0.25) is 0 Å². The summed E-state index contributed by atoms with van der Waals surface area (Å²) in [6.45, 7) is 5.41. The van der Waals surface area contributed by atoms with Crippen LogP contribution in [0.4, 0.5) is 5.13 Å². The molecule has 0 bridgehead atoms. The van der Waals surface area contributed by atoms with Gasteiger partial charge in [-0.15, -0.1) is 11.3 Å². The van der Waals surface area contributed by atoms with E-state index in [2.05, 4.69) is 27.1 Å². The number of pyridine rings is 1. The monoisotopic (exact) mass is 424 g/mol. The minimum atomic E-state index is -0.177. The predicted octanol–water partition coefficient (Wildman–Crippen LogP) is 5.17. The number of carbonyl (C=O) groups excluding carboxylic acids is 1. The SMILES string of the molecule is CC1CCN(Cc2csc(NC(=O)c3cccnc3Sc3ccccc3)n2)CC1. The van der Waals surface area contributed by atoms with Crippen LogP contribution in [-0.2, 0) is 6.54 Å². The van der Waals surface area contributed by atoms with Crippen molar-refractivity contribution in [3.63, 3.8) is 0 Å². The topological polar surface area (TPSA) is 58.1 Å². The van der Waals surface area contributed by atoms with E-state index in [1.54, 1.807) is 18.3 Å². The maximum absolute atomic E-state index is 12.9. The summed E-state index contributed by atoms with van der Waals surface area (Å²) in [5, 5.41) is 6.31. The van der Waals surface area contributed by atoms with Crippen LogP contribution in [0, 0.1) is 5.92 Å². The Hall–Kier alpha value is -2.22. The number of nitrogens with one attached hydrogen (secondary N) is 1. The molecule has 0 unspecified atom stereocenters. The molecule has 3 heterocycles. The van der Waals surface area contributed by atoms with E-state index >= 15 is 0 Å². The van der Waals surface area contributed by atoms with Gasteiger partial charge in [-0.1, -0.05) is 36.9 Å². The van der Waals surface area contributed by atoms with E-state index in [-0.39, 0.29) is 5.91 Å². The molecule has 0 spiro atoms. The molecule has 0 atom stereocenters. The van der Waals surface area contributed by atoms with E-state index < -0.39 is 0 Å². The molecule has 1 aliphatic heterocycles. The van der Waals surface area contributed by atoms with Crippen molar-refractivity contribution < 1.29 is 4.79 Å². The largest absolute Gasteiger partial charge is 0.298 e. The van der Waals surface area contributed by atoms with Crippen molar-refractivity contribution in [3.8, 4) is 0 Å². The molecule has 1 aromatic carbocycles. The van der Waals surface area contributed by atoms with Crippen LogP contribution in [0.1, 0.15) is 35.8 Å². The Labute approximate surface area is 179 Å². The van der Waals surface area contributed by atoms with Crippen molar-refractivity contribution in [1.29, 1.82) is 0 Å². The first-order valence-corrected chi connectivity index (χ1v) is 11.5. The minimum absolute atomic E-state index is 0.177. The third-order valence-electron chi connectivity index (χ3n) is 5.01.